The number of hydrogen-bond acceptors (Lipinski definition) is 4. The Kier molecular flexibility index (Phi) is 4.28. The minimum Gasteiger partial charge on any atom is -0.461 e. The fourth-order valence-corrected chi connectivity index (χ4v) is 3.48. The Morgan fingerprint density at radius 3 is 3.00 bits per heavy atom. The molecule has 0 radical (unpaired) electrons. The smallest absolute Gasteiger partial charge is 0.257 e. The predicted molar refractivity (Wildman–Crippen MR) is 95.3 cm³/mol. The maximum atomic E-state index is 13.0. The second-order valence-electron chi connectivity index (χ2n) is 6.58. The van der Waals surface area contributed by atoms with Crippen molar-refractivity contribution in [2.75, 3.05) is 26.2 Å². The quantitative estimate of drug-likeness (QED) is 0.797. The zero-order chi connectivity index (χ0) is 17.2. The van der Waals surface area contributed by atoms with Crippen molar-refractivity contribution in [2.24, 2.45) is 0 Å². The van der Waals surface area contributed by atoms with E-state index in [0.29, 0.717) is 11.1 Å². The lowest BCUT2D eigenvalue weighted by Crippen LogP contribution is -2.35. The highest BCUT2D eigenvalue weighted by molar-refractivity contribution is 6.05. The third-order valence-corrected chi connectivity index (χ3v) is 4.73. The second-order valence-corrected chi connectivity index (χ2v) is 6.58. The summed E-state index contributed by atoms with van der Waals surface area (Å²) in [5.74, 6) is 0.889. The maximum absolute atomic E-state index is 13.0. The first-order chi connectivity index (χ1) is 12.2. The molecule has 1 saturated heterocycles. The van der Waals surface area contributed by atoms with Crippen LogP contribution in [0.3, 0.4) is 0 Å². The molecule has 3 heterocycles. The molecule has 4 rings (SSSR count). The Bertz CT molecular complexity index is 869. The van der Waals surface area contributed by atoms with Gasteiger partial charge in [-0.05, 0) is 31.5 Å². The van der Waals surface area contributed by atoms with Crippen LogP contribution in [0.2, 0.25) is 0 Å². The van der Waals surface area contributed by atoms with Gasteiger partial charge in [0.1, 0.15) is 11.3 Å². The average Bonchev–Trinajstić information content (AvgIpc) is 3.18. The van der Waals surface area contributed by atoms with Gasteiger partial charge in [0.15, 0.2) is 0 Å². The first kappa shape index (κ1) is 15.9. The van der Waals surface area contributed by atoms with Crippen molar-refractivity contribution in [2.45, 2.75) is 19.9 Å². The number of H-pyrrole nitrogens is 1. The Morgan fingerprint density at radius 1 is 1.24 bits per heavy atom. The Balaban J connectivity index is 1.48. The molecule has 6 nitrogen and oxygen atoms in total. The fraction of sp³-hybridized carbons (Fsp3) is 0.368. The highest BCUT2D eigenvalue weighted by Gasteiger charge is 2.23. The second kappa shape index (κ2) is 6.72. The Morgan fingerprint density at radius 2 is 2.16 bits per heavy atom. The lowest BCUT2D eigenvalue weighted by Gasteiger charge is -2.21. The first-order valence-electron chi connectivity index (χ1n) is 8.70. The third kappa shape index (κ3) is 3.30. The molecular formula is C19H22N4O2. The number of para-hydroxylation sites is 1. The molecule has 0 spiro atoms. The largest absolute Gasteiger partial charge is 0.461 e. The monoisotopic (exact) mass is 338 g/mol. The minimum absolute atomic E-state index is 0.0586. The van der Waals surface area contributed by atoms with Crippen LogP contribution in [0.1, 0.15) is 28.2 Å². The van der Waals surface area contributed by atoms with Gasteiger partial charge in [-0.15, -0.1) is 0 Å². The van der Waals surface area contributed by atoms with E-state index >= 15 is 0 Å². The minimum atomic E-state index is 0.0586. The lowest BCUT2D eigenvalue weighted by molar-refractivity contribution is 0.0762. The number of carbonyl (C=O) groups is 1. The maximum Gasteiger partial charge on any atom is 0.257 e. The number of nitrogens with one attached hydrogen (secondary N) is 1. The molecule has 1 aromatic carbocycles. The molecule has 0 bridgehead atoms. The van der Waals surface area contributed by atoms with E-state index in [9.17, 15) is 4.79 Å². The summed E-state index contributed by atoms with van der Waals surface area (Å²) in [6.07, 6.45) is 2.74. The van der Waals surface area contributed by atoms with Gasteiger partial charge in [-0.3, -0.25) is 14.8 Å². The number of hydrogen-bond donors (Lipinski definition) is 1. The van der Waals surface area contributed by atoms with Gasteiger partial charge in [0.2, 0.25) is 0 Å². The summed E-state index contributed by atoms with van der Waals surface area (Å²) in [4.78, 5) is 17.3. The summed E-state index contributed by atoms with van der Waals surface area (Å²) in [7, 11) is 0. The summed E-state index contributed by atoms with van der Waals surface area (Å²) < 4.78 is 5.76. The number of benzene rings is 1. The van der Waals surface area contributed by atoms with Crippen LogP contribution in [-0.4, -0.2) is 52.1 Å². The number of aromatic nitrogens is 2. The fourth-order valence-electron chi connectivity index (χ4n) is 3.48. The van der Waals surface area contributed by atoms with Crippen molar-refractivity contribution in [3.8, 4) is 0 Å². The molecule has 6 heteroatoms. The van der Waals surface area contributed by atoms with Gasteiger partial charge < -0.3 is 9.32 Å². The highest BCUT2D eigenvalue weighted by Crippen LogP contribution is 2.24. The standard InChI is InChI=1S/C19H22N4O2/c1-14-12-15-4-2-5-17(18(15)25-14)19(24)23-9-3-8-22(10-11-23)13-16-6-7-20-21-16/h2,4-7,12H,3,8-11,13H2,1H3,(H,20,21). The van der Waals surface area contributed by atoms with Gasteiger partial charge in [0, 0.05) is 50.0 Å². The van der Waals surface area contributed by atoms with E-state index in [-0.39, 0.29) is 5.91 Å². The molecule has 1 N–H and O–H groups in total. The normalized spacial score (nSPS) is 16.3. The topological polar surface area (TPSA) is 65.4 Å². The van der Waals surface area contributed by atoms with Crippen LogP contribution in [0.15, 0.2) is 40.9 Å². The van der Waals surface area contributed by atoms with Gasteiger partial charge in [-0.2, -0.15) is 5.10 Å². The molecule has 2 aromatic heterocycles. The van der Waals surface area contributed by atoms with Crippen molar-refractivity contribution in [3.63, 3.8) is 0 Å². The summed E-state index contributed by atoms with van der Waals surface area (Å²) in [5, 5.41) is 7.99. The van der Waals surface area contributed by atoms with Gasteiger partial charge in [0.25, 0.3) is 5.91 Å². The van der Waals surface area contributed by atoms with Crippen LogP contribution >= 0.6 is 0 Å². The summed E-state index contributed by atoms with van der Waals surface area (Å²) in [6.45, 7) is 6.09. The van der Waals surface area contributed by atoms with Crippen LogP contribution in [0, 0.1) is 6.92 Å². The van der Waals surface area contributed by atoms with Crippen LogP contribution in [-0.2, 0) is 6.54 Å². The molecule has 25 heavy (non-hydrogen) atoms. The van der Waals surface area contributed by atoms with E-state index in [1.54, 1.807) is 6.20 Å². The molecule has 130 valence electrons. The third-order valence-electron chi connectivity index (χ3n) is 4.73. The van der Waals surface area contributed by atoms with Crippen LogP contribution in [0.5, 0.6) is 0 Å². The van der Waals surface area contributed by atoms with Crippen molar-refractivity contribution in [1.82, 2.24) is 20.0 Å². The van der Waals surface area contributed by atoms with E-state index in [2.05, 4.69) is 15.1 Å². The van der Waals surface area contributed by atoms with E-state index in [0.717, 1.165) is 56.0 Å². The first-order valence-corrected chi connectivity index (χ1v) is 8.70. The van der Waals surface area contributed by atoms with Crippen LogP contribution < -0.4 is 0 Å². The average molecular weight is 338 g/mol. The number of rotatable bonds is 3. The number of amides is 1. The zero-order valence-corrected chi connectivity index (χ0v) is 14.4. The van der Waals surface area contributed by atoms with E-state index < -0.39 is 0 Å². The zero-order valence-electron chi connectivity index (χ0n) is 14.4. The molecule has 0 aliphatic carbocycles. The number of nitrogens with zero attached hydrogens (tertiary/aromatic N) is 3. The van der Waals surface area contributed by atoms with E-state index in [1.165, 1.54) is 0 Å². The van der Waals surface area contributed by atoms with Gasteiger partial charge in [-0.1, -0.05) is 12.1 Å². The molecule has 0 atom stereocenters. The molecule has 1 aliphatic rings. The van der Waals surface area contributed by atoms with Gasteiger partial charge in [-0.25, -0.2) is 0 Å². The van der Waals surface area contributed by atoms with Crippen molar-refractivity contribution >= 4 is 16.9 Å². The summed E-state index contributed by atoms with van der Waals surface area (Å²) >= 11 is 0. The summed E-state index contributed by atoms with van der Waals surface area (Å²) in [6, 6.07) is 9.74. The number of fused-ring (bicyclic) bond motifs is 1. The molecule has 1 amide bonds. The van der Waals surface area contributed by atoms with Crippen molar-refractivity contribution in [3.05, 3.63) is 53.5 Å². The van der Waals surface area contributed by atoms with Gasteiger partial charge >= 0.3 is 0 Å². The summed E-state index contributed by atoms with van der Waals surface area (Å²) in [5.41, 5.74) is 2.46. The number of furan rings is 1. The number of carbonyl (C=O) groups excluding carboxylic acids is 1. The van der Waals surface area contributed by atoms with Crippen molar-refractivity contribution < 1.29 is 9.21 Å². The molecule has 3 aromatic rings. The number of aryl methyl sites for hydroxylation is 1. The van der Waals surface area contributed by atoms with E-state index in [1.807, 2.05) is 42.2 Å². The van der Waals surface area contributed by atoms with Crippen LogP contribution in [0.4, 0.5) is 0 Å². The molecule has 0 unspecified atom stereocenters. The molecule has 1 aliphatic heterocycles. The molecular weight excluding hydrogens is 316 g/mol. The number of aromatic amines is 1. The van der Waals surface area contributed by atoms with Gasteiger partial charge in [0.05, 0.1) is 5.56 Å². The molecule has 1 fully saturated rings. The lowest BCUT2D eigenvalue weighted by atomic mass is 10.1. The Labute approximate surface area is 146 Å². The predicted octanol–water partition coefficient (Wildman–Crippen LogP) is 2.81. The Hall–Kier alpha value is -2.60. The molecule has 0 saturated carbocycles. The van der Waals surface area contributed by atoms with Crippen molar-refractivity contribution in [1.29, 1.82) is 0 Å². The van der Waals surface area contributed by atoms with Crippen LogP contribution in [0.25, 0.3) is 11.0 Å². The SMILES string of the molecule is Cc1cc2cccc(C(=O)N3CCCN(Cc4ccn[nH]4)CC3)c2o1. The van der Waals surface area contributed by atoms with E-state index in [4.69, 9.17) is 4.42 Å². The highest BCUT2D eigenvalue weighted by atomic mass is 16.3.